The average molecular weight is 187 g/mol. The quantitative estimate of drug-likeness (QED) is 0.553. The monoisotopic (exact) mass is 186 g/mol. The van der Waals surface area contributed by atoms with Crippen molar-refractivity contribution in [3.8, 4) is 12.3 Å². The zero-order valence-corrected chi connectivity index (χ0v) is 7.68. The molecule has 0 aliphatic heterocycles. The van der Waals surface area contributed by atoms with E-state index in [9.17, 15) is 0 Å². The fourth-order valence-electron chi connectivity index (χ4n) is 1.39. The highest BCUT2D eigenvalue weighted by Crippen LogP contribution is 2.24. The molecule has 1 heteroatoms. The first kappa shape index (κ1) is 8.16. The number of hydrogen-bond acceptors (Lipinski definition) is 0. The van der Waals surface area contributed by atoms with Crippen LogP contribution in [-0.4, -0.2) is 0 Å². The molecule has 0 fully saturated rings. The Hall–Kier alpha value is -1.45. The Bertz CT molecular complexity index is 492. The average Bonchev–Trinajstić information content (AvgIpc) is 2.18. The minimum atomic E-state index is 0.640. The Morgan fingerprint density at radius 2 is 1.85 bits per heavy atom. The van der Waals surface area contributed by atoms with E-state index in [2.05, 4.69) is 5.92 Å². The normalized spacial score (nSPS) is 9.85. The lowest BCUT2D eigenvalue weighted by molar-refractivity contribution is 1.70. The van der Waals surface area contributed by atoms with Gasteiger partial charge in [-0.15, -0.1) is 6.42 Å². The van der Waals surface area contributed by atoms with Crippen molar-refractivity contribution in [1.29, 1.82) is 0 Å². The summed E-state index contributed by atoms with van der Waals surface area (Å²) >= 11 is 5.96. The second kappa shape index (κ2) is 3.12. The second-order valence-corrected chi connectivity index (χ2v) is 3.20. The highest BCUT2D eigenvalue weighted by Gasteiger charge is 2.01. The smallest absolute Gasteiger partial charge is 0.0568 e. The SMILES string of the molecule is C#Cc1c(Cl)ccc2ccccc12. The summed E-state index contributed by atoms with van der Waals surface area (Å²) in [7, 11) is 0. The molecule has 2 aromatic rings. The number of fused-ring (bicyclic) bond motifs is 1. The van der Waals surface area contributed by atoms with E-state index in [1.807, 2.05) is 36.4 Å². The van der Waals surface area contributed by atoms with E-state index in [0.29, 0.717) is 5.02 Å². The Kier molecular flexibility index (Phi) is 1.96. The summed E-state index contributed by atoms with van der Waals surface area (Å²) in [5.41, 5.74) is 0.778. The third kappa shape index (κ3) is 1.28. The first-order valence-corrected chi connectivity index (χ1v) is 4.34. The second-order valence-electron chi connectivity index (χ2n) is 2.79. The summed E-state index contributed by atoms with van der Waals surface area (Å²) < 4.78 is 0. The van der Waals surface area contributed by atoms with E-state index in [1.165, 1.54) is 0 Å². The van der Waals surface area contributed by atoms with Gasteiger partial charge in [0.25, 0.3) is 0 Å². The molecule has 2 rings (SSSR count). The van der Waals surface area contributed by atoms with Gasteiger partial charge >= 0.3 is 0 Å². The summed E-state index contributed by atoms with van der Waals surface area (Å²) in [4.78, 5) is 0. The van der Waals surface area contributed by atoms with Crippen molar-refractivity contribution in [2.75, 3.05) is 0 Å². The van der Waals surface area contributed by atoms with Crippen LogP contribution in [0.3, 0.4) is 0 Å². The predicted octanol–water partition coefficient (Wildman–Crippen LogP) is 3.47. The van der Waals surface area contributed by atoms with Crippen LogP contribution in [0.4, 0.5) is 0 Å². The van der Waals surface area contributed by atoms with E-state index in [4.69, 9.17) is 18.0 Å². The van der Waals surface area contributed by atoms with E-state index in [1.54, 1.807) is 0 Å². The molecule has 0 radical (unpaired) electrons. The van der Waals surface area contributed by atoms with Gasteiger partial charge in [-0.1, -0.05) is 47.9 Å². The van der Waals surface area contributed by atoms with Gasteiger partial charge in [-0.3, -0.25) is 0 Å². The van der Waals surface area contributed by atoms with Crippen molar-refractivity contribution in [1.82, 2.24) is 0 Å². The van der Waals surface area contributed by atoms with Gasteiger partial charge in [-0.2, -0.15) is 0 Å². The van der Waals surface area contributed by atoms with Crippen LogP contribution in [0, 0.1) is 12.3 Å². The van der Waals surface area contributed by atoms with Crippen LogP contribution in [0.15, 0.2) is 36.4 Å². The highest BCUT2D eigenvalue weighted by atomic mass is 35.5. The van der Waals surface area contributed by atoms with Crippen molar-refractivity contribution < 1.29 is 0 Å². The van der Waals surface area contributed by atoms with E-state index in [-0.39, 0.29) is 0 Å². The Labute approximate surface area is 82.1 Å². The first-order valence-electron chi connectivity index (χ1n) is 3.97. The first-order chi connectivity index (χ1) is 6.33. The number of benzene rings is 2. The van der Waals surface area contributed by atoms with Crippen LogP contribution >= 0.6 is 11.6 Å². The maximum atomic E-state index is 5.96. The minimum absolute atomic E-state index is 0.640. The molecule has 0 saturated heterocycles. The molecule has 0 unspecified atom stereocenters. The Morgan fingerprint density at radius 1 is 1.08 bits per heavy atom. The number of hydrogen-bond donors (Lipinski definition) is 0. The zero-order chi connectivity index (χ0) is 9.26. The molecular formula is C12H7Cl. The minimum Gasteiger partial charge on any atom is -0.115 e. The van der Waals surface area contributed by atoms with Gasteiger partial charge in [-0.05, 0) is 16.8 Å². The van der Waals surface area contributed by atoms with Crippen LogP contribution in [-0.2, 0) is 0 Å². The molecule has 0 nitrogen and oxygen atoms in total. The molecule has 0 N–H and O–H groups in total. The van der Waals surface area contributed by atoms with Gasteiger partial charge in [-0.25, -0.2) is 0 Å². The largest absolute Gasteiger partial charge is 0.115 e. The van der Waals surface area contributed by atoms with E-state index >= 15 is 0 Å². The van der Waals surface area contributed by atoms with Gasteiger partial charge in [0.1, 0.15) is 0 Å². The summed E-state index contributed by atoms with van der Waals surface area (Å²) in [5, 5.41) is 2.80. The lowest BCUT2D eigenvalue weighted by Crippen LogP contribution is -1.80. The predicted molar refractivity (Wildman–Crippen MR) is 56.9 cm³/mol. The van der Waals surface area contributed by atoms with Crippen LogP contribution in [0.5, 0.6) is 0 Å². The summed E-state index contributed by atoms with van der Waals surface area (Å²) in [5.74, 6) is 2.61. The van der Waals surface area contributed by atoms with Crippen molar-refractivity contribution in [3.05, 3.63) is 47.0 Å². The zero-order valence-electron chi connectivity index (χ0n) is 6.92. The molecule has 0 aliphatic carbocycles. The molecule has 0 atom stereocenters. The lowest BCUT2D eigenvalue weighted by Gasteiger charge is -2.01. The maximum Gasteiger partial charge on any atom is 0.0568 e. The molecule has 0 bridgehead atoms. The number of rotatable bonds is 0. The Balaban J connectivity index is 2.94. The molecule has 13 heavy (non-hydrogen) atoms. The van der Waals surface area contributed by atoms with Crippen LogP contribution in [0.2, 0.25) is 5.02 Å². The molecule has 0 aromatic heterocycles. The molecule has 0 amide bonds. The number of terminal acetylenes is 1. The highest BCUT2D eigenvalue weighted by molar-refractivity contribution is 6.32. The van der Waals surface area contributed by atoms with Crippen molar-refractivity contribution in [2.45, 2.75) is 0 Å². The van der Waals surface area contributed by atoms with Gasteiger partial charge < -0.3 is 0 Å². The molecule has 0 aliphatic rings. The van der Waals surface area contributed by atoms with Crippen molar-refractivity contribution >= 4 is 22.4 Å². The summed E-state index contributed by atoms with van der Waals surface area (Å²) in [6.07, 6.45) is 5.38. The van der Waals surface area contributed by atoms with E-state index < -0.39 is 0 Å². The van der Waals surface area contributed by atoms with Gasteiger partial charge in [0, 0.05) is 0 Å². The van der Waals surface area contributed by atoms with Gasteiger partial charge in [0.05, 0.1) is 10.6 Å². The molecule has 0 spiro atoms. The molecule has 2 aromatic carbocycles. The van der Waals surface area contributed by atoms with Crippen LogP contribution in [0.1, 0.15) is 5.56 Å². The Morgan fingerprint density at radius 3 is 2.62 bits per heavy atom. The molecule has 0 heterocycles. The molecule has 62 valence electrons. The fourth-order valence-corrected chi connectivity index (χ4v) is 1.61. The summed E-state index contributed by atoms with van der Waals surface area (Å²) in [6.45, 7) is 0. The topological polar surface area (TPSA) is 0 Å². The van der Waals surface area contributed by atoms with Crippen LogP contribution in [0.25, 0.3) is 10.8 Å². The molecule has 0 saturated carbocycles. The maximum absolute atomic E-state index is 5.96. The standard InChI is InChI=1S/C12H7Cl/c1-2-10-11-6-4-3-5-9(11)7-8-12(10)13/h1,3-8H. The van der Waals surface area contributed by atoms with Gasteiger partial charge in [0.2, 0.25) is 0 Å². The third-order valence-electron chi connectivity index (χ3n) is 2.02. The molecular weight excluding hydrogens is 180 g/mol. The summed E-state index contributed by atoms with van der Waals surface area (Å²) in [6, 6.07) is 11.7. The van der Waals surface area contributed by atoms with Crippen molar-refractivity contribution in [3.63, 3.8) is 0 Å². The van der Waals surface area contributed by atoms with Gasteiger partial charge in [0.15, 0.2) is 0 Å². The third-order valence-corrected chi connectivity index (χ3v) is 2.34. The van der Waals surface area contributed by atoms with Crippen molar-refractivity contribution in [2.24, 2.45) is 0 Å². The van der Waals surface area contributed by atoms with Crippen LogP contribution < -0.4 is 0 Å². The number of halogens is 1. The lowest BCUT2D eigenvalue weighted by atomic mass is 10.1. The van der Waals surface area contributed by atoms with E-state index in [0.717, 1.165) is 16.3 Å². The fraction of sp³-hybridized carbons (Fsp3) is 0.